The smallest absolute Gasteiger partial charge is 0.317 e. The van der Waals surface area contributed by atoms with Crippen LogP contribution in [0.25, 0.3) is 0 Å². The molecule has 1 aliphatic heterocycles. The maximum absolute atomic E-state index is 12.4. The molecule has 124 valence electrons. The van der Waals surface area contributed by atoms with E-state index in [0.29, 0.717) is 17.4 Å². The van der Waals surface area contributed by atoms with Gasteiger partial charge in [0.1, 0.15) is 5.41 Å². The number of likely N-dealkylation sites (tertiary alicyclic amines) is 1. The highest BCUT2D eigenvalue weighted by Gasteiger charge is 2.40. The molecule has 1 saturated heterocycles. The van der Waals surface area contributed by atoms with Crippen molar-refractivity contribution in [2.75, 3.05) is 19.6 Å². The Kier molecular flexibility index (Phi) is 4.28. The zero-order valence-corrected chi connectivity index (χ0v) is 13.5. The van der Waals surface area contributed by atoms with Crippen LogP contribution in [0.4, 0.5) is 4.79 Å². The fraction of sp³-hybridized carbons (Fsp3) is 0.556. The number of aliphatic carboxylic acids is 1. The minimum absolute atomic E-state index is 0.0943. The van der Waals surface area contributed by atoms with Crippen LogP contribution in [0.1, 0.15) is 31.7 Å². The second kappa shape index (κ2) is 6.22. The first kappa shape index (κ1) is 15.8. The number of hydrogen-bond donors (Lipinski definition) is 2. The summed E-state index contributed by atoms with van der Waals surface area (Å²) in [5.41, 5.74) is -0.418. The fourth-order valence-corrected chi connectivity index (χ4v) is 3.87. The Morgan fingerprint density at radius 3 is 2.39 bits per heavy atom. The second-order valence-electron chi connectivity index (χ2n) is 7.02. The Morgan fingerprint density at radius 2 is 1.83 bits per heavy atom. The van der Waals surface area contributed by atoms with Gasteiger partial charge in [0.05, 0.1) is 0 Å². The van der Waals surface area contributed by atoms with Crippen molar-refractivity contribution in [3.05, 3.63) is 35.9 Å². The molecule has 1 saturated carbocycles. The zero-order chi connectivity index (χ0) is 16.4. The third-order valence-electron chi connectivity index (χ3n) is 5.49. The predicted octanol–water partition coefficient (Wildman–Crippen LogP) is 2.47. The number of amides is 2. The van der Waals surface area contributed by atoms with Crippen LogP contribution in [-0.2, 0) is 10.2 Å². The molecule has 3 rings (SSSR count). The SMILES string of the molecule is CC(CNC(=O)N1C[C@H]2CCC[C@H]2C1)(C(=O)O)c1ccccc1. The first-order valence-electron chi connectivity index (χ1n) is 8.32. The van der Waals surface area contributed by atoms with E-state index < -0.39 is 11.4 Å². The highest BCUT2D eigenvalue weighted by Crippen LogP contribution is 2.37. The number of carbonyl (C=O) groups is 2. The normalized spacial score (nSPS) is 25.7. The molecule has 0 bridgehead atoms. The van der Waals surface area contributed by atoms with Crippen LogP contribution in [0, 0.1) is 11.8 Å². The van der Waals surface area contributed by atoms with E-state index in [0.717, 1.165) is 13.1 Å². The monoisotopic (exact) mass is 316 g/mol. The molecule has 5 nitrogen and oxygen atoms in total. The Bertz CT molecular complexity index is 577. The maximum atomic E-state index is 12.4. The minimum Gasteiger partial charge on any atom is -0.481 e. The van der Waals surface area contributed by atoms with Gasteiger partial charge in [-0.1, -0.05) is 36.8 Å². The van der Waals surface area contributed by atoms with E-state index in [1.54, 1.807) is 19.1 Å². The quantitative estimate of drug-likeness (QED) is 0.896. The molecule has 2 fully saturated rings. The molecule has 5 heteroatoms. The summed E-state index contributed by atoms with van der Waals surface area (Å²) in [4.78, 5) is 26.0. The number of urea groups is 1. The van der Waals surface area contributed by atoms with E-state index in [1.165, 1.54) is 19.3 Å². The number of benzene rings is 1. The van der Waals surface area contributed by atoms with Crippen molar-refractivity contribution in [2.45, 2.75) is 31.6 Å². The lowest BCUT2D eigenvalue weighted by atomic mass is 9.82. The number of hydrogen-bond acceptors (Lipinski definition) is 2. The zero-order valence-electron chi connectivity index (χ0n) is 13.5. The van der Waals surface area contributed by atoms with Crippen LogP contribution >= 0.6 is 0 Å². The Hall–Kier alpha value is -2.04. The summed E-state index contributed by atoms with van der Waals surface area (Å²) in [6, 6.07) is 8.94. The van der Waals surface area contributed by atoms with Gasteiger partial charge in [0, 0.05) is 19.6 Å². The number of nitrogens with one attached hydrogen (secondary N) is 1. The Morgan fingerprint density at radius 1 is 1.22 bits per heavy atom. The molecule has 2 N–H and O–H groups in total. The molecule has 0 spiro atoms. The lowest BCUT2D eigenvalue weighted by molar-refractivity contribution is -0.142. The molecule has 1 heterocycles. The summed E-state index contributed by atoms with van der Waals surface area (Å²) in [6.07, 6.45) is 3.70. The van der Waals surface area contributed by atoms with Crippen LogP contribution in [0.3, 0.4) is 0 Å². The summed E-state index contributed by atoms with van der Waals surface area (Å²) in [6.45, 7) is 3.37. The molecule has 1 aromatic rings. The third-order valence-corrected chi connectivity index (χ3v) is 5.49. The Labute approximate surface area is 136 Å². The molecule has 1 aromatic carbocycles. The van der Waals surface area contributed by atoms with E-state index in [-0.39, 0.29) is 12.6 Å². The van der Waals surface area contributed by atoms with Gasteiger partial charge < -0.3 is 15.3 Å². The molecule has 23 heavy (non-hydrogen) atoms. The van der Waals surface area contributed by atoms with Crippen molar-refractivity contribution in [3.63, 3.8) is 0 Å². The first-order chi connectivity index (χ1) is 11.0. The molecule has 1 unspecified atom stereocenters. The van der Waals surface area contributed by atoms with E-state index in [9.17, 15) is 14.7 Å². The summed E-state index contributed by atoms with van der Waals surface area (Å²) < 4.78 is 0. The average Bonchev–Trinajstić information content (AvgIpc) is 3.14. The predicted molar refractivity (Wildman–Crippen MR) is 87.2 cm³/mol. The van der Waals surface area contributed by atoms with Crippen LogP contribution in [0.2, 0.25) is 0 Å². The lowest BCUT2D eigenvalue weighted by Gasteiger charge is -2.27. The van der Waals surface area contributed by atoms with Crippen molar-refractivity contribution in [1.29, 1.82) is 0 Å². The summed E-state index contributed by atoms with van der Waals surface area (Å²) in [7, 11) is 0. The molecule has 2 aliphatic rings. The summed E-state index contributed by atoms with van der Waals surface area (Å²) in [5, 5.41) is 12.5. The van der Waals surface area contributed by atoms with Crippen LogP contribution in [0.15, 0.2) is 30.3 Å². The van der Waals surface area contributed by atoms with E-state index in [4.69, 9.17) is 0 Å². The van der Waals surface area contributed by atoms with Crippen LogP contribution in [-0.4, -0.2) is 41.6 Å². The standard InChI is InChI=1S/C18H24N2O3/c1-18(16(21)22,15-8-3-2-4-9-15)12-19-17(23)20-10-13-6-5-7-14(13)11-20/h2-4,8-9,13-14H,5-7,10-12H2,1H3,(H,19,23)(H,21,22)/t13-,14+,18?. The second-order valence-corrected chi connectivity index (χ2v) is 7.02. The third kappa shape index (κ3) is 3.05. The van der Waals surface area contributed by atoms with E-state index in [1.807, 2.05) is 23.1 Å². The number of carbonyl (C=O) groups excluding carboxylic acids is 1. The number of carboxylic acids is 1. The van der Waals surface area contributed by atoms with Gasteiger partial charge in [0.2, 0.25) is 0 Å². The molecule has 2 amide bonds. The van der Waals surface area contributed by atoms with Crippen molar-refractivity contribution in [1.82, 2.24) is 10.2 Å². The van der Waals surface area contributed by atoms with Gasteiger partial charge in [-0.05, 0) is 37.2 Å². The first-order valence-corrected chi connectivity index (χ1v) is 8.32. The number of carboxylic acid groups (broad SMARTS) is 1. The lowest BCUT2D eigenvalue weighted by Crippen LogP contribution is -2.48. The Balaban J connectivity index is 1.63. The van der Waals surface area contributed by atoms with Gasteiger partial charge >= 0.3 is 12.0 Å². The van der Waals surface area contributed by atoms with E-state index in [2.05, 4.69) is 5.32 Å². The fourth-order valence-electron chi connectivity index (χ4n) is 3.87. The molecule has 0 aromatic heterocycles. The molecule has 3 atom stereocenters. The summed E-state index contributed by atoms with van der Waals surface area (Å²) >= 11 is 0. The summed E-state index contributed by atoms with van der Waals surface area (Å²) in [5.74, 6) is 0.351. The highest BCUT2D eigenvalue weighted by molar-refractivity contribution is 5.83. The maximum Gasteiger partial charge on any atom is 0.317 e. The van der Waals surface area contributed by atoms with Gasteiger partial charge in [0.25, 0.3) is 0 Å². The molecule has 0 radical (unpaired) electrons. The number of nitrogens with zero attached hydrogens (tertiary/aromatic N) is 1. The number of fused-ring (bicyclic) bond motifs is 1. The highest BCUT2D eigenvalue weighted by atomic mass is 16.4. The van der Waals surface area contributed by atoms with E-state index >= 15 is 0 Å². The van der Waals surface area contributed by atoms with Crippen molar-refractivity contribution >= 4 is 12.0 Å². The average molecular weight is 316 g/mol. The number of rotatable bonds is 4. The van der Waals surface area contributed by atoms with Gasteiger partial charge in [-0.3, -0.25) is 4.79 Å². The topological polar surface area (TPSA) is 69.6 Å². The molecule has 1 aliphatic carbocycles. The van der Waals surface area contributed by atoms with Crippen LogP contribution in [0.5, 0.6) is 0 Å². The largest absolute Gasteiger partial charge is 0.481 e. The van der Waals surface area contributed by atoms with Gasteiger partial charge in [-0.15, -0.1) is 0 Å². The van der Waals surface area contributed by atoms with Gasteiger partial charge in [-0.25, -0.2) is 4.79 Å². The van der Waals surface area contributed by atoms with Crippen molar-refractivity contribution in [2.24, 2.45) is 11.8 Å². The van der Waals surface area contributed by atoms with Gasteiger partial charge in [-0.2, -0.15) is 0 Å². The minimum atomic E-state index is -1.12. The molecular formula is C18H24N2O3. The van der Waals surface area contributed by atoms with Crippen LogP contribution < -0.4 is 5.32 Å². The van der Waals surface area contributed by atoms with Gasteiger partial charge in [0.15, 0.2) is 0 Å². The molecular weight excluding hydrogens is 292 g/mol. The van der Waals surface area contributed by atoms with Crippen molar-refractivity contribution < 1.29 is 14.7 Å². The van der Waals surface area contributed by atoms with Crippen molar-refractivity contribution in [3.8, 4) is 0 Å².